The molecular formula is C15H14BrClO2. The van der Waals surface area contributed by atoms with Crippen molar-refractivity contribution in [2.45, 2.75) is 11.9 Å². The molecule has 2 nitrogen and oxygen atoms in total. The molecule has 0 aromatic heterocycles. The minimum absolute atomic E-state index is 0.495. The molecule has 0 heterocycles. The molecule has 100 valence electrons. The highest BCUT2D eigenvalue weighted by Crippen LogP contribution is 2.29. The van der Waals surface area contributed by atoms with Gasteiger partial charge in [0.2, 0.25) is 0 Å². The monoisotopic (exact) mass is 340 g/mol. The molecule has 2 aromatic carbocycles. The highest BCUT2D eigenvalue weighted by Gasteiger charge is 2.04. The molecule has 0 spiro atoms. The second-order valence-corrected chi connectivity index (χ2v) is 5.00. The first-order valence-corrected chi connectivity index (χ1v) is 7.33. The number of benzene rings is 2. The Kier molecular flexibility index (Phi) is 5.11. The molecule has 0 radical (unpaired) electrons. The topological polar surface area (TPSA) is 18.5 Å². The van der Waals surface area contributed by atoms with E-state index in [0.29, 0.717) is 17.4 Å². The number of halogens is 2. The van der Waals surface area contributed by atoms with E-state index in [1.807, 2.05) is 24.3 Å². The van der Waals surface area contributed by atoms with Gasteiger partial charge in [0.25, 0.3) is 0 Å². The molecule has 0 unspecified atom stereocenters. The van der Waals surface area contributed by atoms with Crippen LogP contribution in [0.2, 0.25) is 5.02 Å². The van der Waals surface area contributed by atoms with Gasteiger partial charge in [-0.05, 0) is 23.3 Å². The summed E-state index contributed by atoms with van der Waals surface area (Å²) < 4.78 is 10.8. The normalized spacial score (nSPS) is 10.3. The molecule has 19 heavy (non-hydrogen) atoms. The van der Waals surface area contributed by atoms with E-state index in [2.05, 4.69) is 28.1 Å². The molecule has 0 bridgehead atoms. The van der Waals surface area contributed by atoms with Crippen molar-refractivity contribution < 1.29 is 9.47 Å². The zero-order valence-electron chi connectivity index (χ0n) is 10.5. The maximum absolute atomic E-state index is 6.11. The first-order chi connectivity index (χ1) is 9.22. The Balaban J connectivity index is 2.01. The summed E-state index contributed by atoms with van der Waals surface area (Å²) in [6.07, 6.45) is 0. The van der Waals surface area contributed by atoms with Crippen LogP contribution >= 0.6 is 27.5 Å². The summed E-state index contributed by atoms with van der Waals surface area (Å²) in [6.45, 7) is 0.495. The van der Waals surface area contributed by atoms with E-state index >= 15 is 0 Å². The Morgan fingerprint density at radius 1 is 1.05 bits per heavy atom. The zero-order valence-corrected chi connectivity index (χ0v) is 12.9. The molecule has 0 amide bonds. The maximum Gasteiger partial charge on any atom is 0.138 e. The van der Waals surface area contributed by atoms with Crippen molar-refractivity contribution >= 4 is 27.5 Å². The van der Waals surface area contributed by atoms with Gasteiger partial charge in [0, 0.05) is 11.4 Å². The average molecular weight is 342 g/mol. The van der Waals surface area contributed by atoms with Crippen LogP contribution in [0.1, 0.15) is 11.1 Å². The minimum atomic E-state index is 0.495. The van der Waals surface area contributed by atoms with Crippen LogP contribution in [0.15, 0.2) is 42.5 Å². The first-order valence-electron chi connectivity index (χ1n) is 5.83. The Hall–Kier alpha value is -1.19. The predicted octanol–water partition coefficient (Wildman–Crippen LogP) is 4.82. The van der Waals surface area contributed by atoms with Gasteiger partial charge in [0.1, 0.15) is 18.1 Å². The van der Waals surface area contributed by atoms with E-state index in [-0.39, 0.29) is 0 Å². The molecular weight excluding hydrogens is 328 g/mol. The summed E-state index contributed by atoms with van der Waals surface area (Å²) >= 11 is 9.53. The smallest absolute Gasteiger partial charge is 0.138 e. The Bertz CT molecular complexity index is 540. The molecule has 0 aliphatic heterocycles. The van der Waals surface area contributed by atoms with Crippen molar-refractivity contribution in [1.29, 1.82) is 0 Å². The van der Waals surface area contributed by atoms with Crippen LogP contribution in [0.3, 0.4) is 0 Å². The van der Waals surface area contributed by atoms with Crippen LogP contribution in [0.5, 0.6) is 11.5 Å². The molecule has 0 aliphatic rings. The van der Waals surface area contributed by atoms with Crippen molar-refractivity contribution in [2.24, 2.45) is 0 Å². The fourth-order valence-corrected chi connectivity index (χ4v) is 2.21. The number of methoxy groups -OCH3 is 1. The van der Waals surface area contributed by atoms with Gasteiger partial charge in [-0.25, -0.2) is 0 Å². The summed E-state index contributed by atoms with van der Waals surface area (Å²) in [4.78, 5) is 0. The Labute approximate surface area is 126 Å². The van der Waals surface area contributed by atoms with Gasteiger partial charge >= 0.3 is 0 Å². The molecule has 0 saturated heterocycles. The predicted molar refractivity (Wildman–Crippen MR) is 81.4 cm³/mol. The average Bonchev–Trinajstić information content (AvgIpc) is 2.46. The van der Waals surface area contributed by atoms with Crippen LogP contribution in [0, 0.1) is 0 Å². The standard InChI is InChI=1S/C15H14BrClO2/c1-18-13-6-7-15(14(17)8-13)19-10-12-4-2-11(9-16)3-5-12/h2-8H,9-10H2,1H3. The maximum atomic E-state index is 6.11. The third-order valence-electron chi connectivity index (χ3n) is 2.71. The van der Waals surface area contributed by atoms with Crippen LogP contribution in [0.25, 0.3) is 0 Å². The lowest BCUT2D eigenvalue weighted by Gasteiger charge is -2.09. The molecule has 2 aromatic rings. The minimum Gasteiger partial charge on any atom is -0.497 e. The molecule has 0 fully saturated rings. The molecule has 2 rings (SSSR count). The molecule has 0 saturated carbocycles. The number of hydrogen-bond donors (Lipinski definition) is 0. The fraction of sp³-hybridized carbons (Fsp3) is 0.200. The fourth-order valence-electron chi connectivity index (χ4n) is 1.61. The van der Waals surface area contributed by atoms with Crippen LogP contribution in [-0.2, 0) is 11.9 Å². The third-order valence-corrected chi connectivity index (χ3v) is 3.65. The lowest BCUT2D eigenvalue weighted by atomic mass is 10.2. The summed E-state index contributed by atoms with van der Waals surface area (Å²) in [5.74, 6) is 1.38. The molecule has 4 heteroatoms. The SMILES string of the molecule is COc1ccc(OCc2ccc(CBr)cc2)c(Cl)c1. The van der Waals surface area contributed by atoms with Crippen molar-refractivity contribution in [3.63, 3.8) is 0 Å². The van der Waals surface area contributed by atoms with Crippen LogP contribution in [0.4, 0.5) is 0 Å². The Morgan fingerprint density at radius 3 is 2.32 bits per heavy atom. The van der Waals surface area contributed by atoms with Crippen molar-refractivity contribution in [3.05, 3.63) is 58.6 Å². The van der Waals surface area contributed by atoms with E-state index in [9.17, 15) is 0 Å². The van der Waals surface area contributed by atoms with Gasteiger partial charge < -0.3 is 9.47 Å². The number of ether oxygens (including phenoxy) is 2. The second kappa shape index (κ2) is 6.83. The molecule has 0 N–H and O–H groups in total. The lowest BCUT2D eigenvalue weighted by Crippen LogP contribution is -1.96. The summed E-state index contributed by atoms with van der Waals surface area (Å²) in [7, 11) is 1.61. The van der Waals surface area contributed by atoms with Gasteiger partial charge in [-0.2, -0.15) is 0 Å². The van der Waals surface area contributed by atoms with Crippen LogP contribution in [-0.4, -0.2) is 7.11 Å². The molecule has 0 atom stereocenters. The second-order valence-electron chi connectivity index (χ2n) is 4.04. The van der Waals surface area contributed by atoms with E-state index in [4.69, 9.17) is 21.1 Å². The van der Waals surface area contributed by atoms with Gasteiger partial charge in [0.05, 0.1) is 12.1 Å². The third kappa shape index (κ3) is 3.88. The summed E-state index contributed by atoms with van der Waals surface area (Å²) in [5.41, 5.74) is 2.35. The first kappa shape index (κ1) is 14.2. The zero-order chi connectivity index (χ0) is 13.7. The van der Waals surface area contributed by atoms with Gasteiger partial charge in [-0.3, -0.25) is 0 Å². The summed E-state index contributed by atoms with van der Waals surface area (Å²) in [6, 6.07) is 13.6. The van der Waals surface area contributed by atoms with Gasteiger partial charge in [-0.15, -0.1) is 0 Å². The quantitative estimate of drug-likeness (QED) is 0.726. The highest BCUT2D eigenvalue weighted by atomic mass is 79.9. The highest BCUT2D eigenvalue weighted by molar-refractivity contribution is 9.08. The van der Waals surface area contributed by atoms with E-state index in [1.54, 1.807) is 13.2 Å². The van der Waals surface area contributed by atoms with E-state index in [1.165, 1.54) is 5.56 Å². The van der Waals surface area contributed by atoms with Gasteiger partial charge in [0.15, 0.2) is 0 Å². The van der Waals surface area contributed by atoms with Crippen LogP contribution < -0.4 is 9.47 Å². The van der Waals surface area contributed by atoms with Crippen molar-refractivity contribution in [3.8, 4) is 11.5 Å². The lowest BCUT2D eigenvalue weighted by molar-refractivity contribution is 0.305. The number of alkyl halides is 1. The van der Waals surface area contributed by atoms with E-state index < -0.39 is 0 Å². The summed E-state index contributed by atoms with van der Waals surface area (Å²) in [5, 5.41) is 1.41. The largest absolute Gasteiger partial charge is 0.497 e. The van der Waals surface area contributed by atoms with Crippen molar-refractivity contribution in [2.75, 3.05) is 7.11 Å². The van der Waals surface area contributed by atoms with Crippen molar-refractivity contribution in [1.82, 2.24) is 0 Å². The van der Waals surface area contributed by atoms with Gasteiger partial charge in [-0.1, -0.05) is 51.8 Å². The Morgan fingerprint density at radius 2 is 1.74 bits per heavy atom. The molecule has 0 aliphatic carbocycles. The van der Waals surface area contributed by atoms with E-state index in [0.717, 1.165) is 16.6 Å². The number of hydrogen-bond acceptors (Lipinski definition) is 2. The number of rotatable bonds is 5.